The summed E-state index contributed by atoms with van der Waals surface area (Å²) in [5.41, 5.74) is 0.793. The highest BCUT2D eigenvalue weighted by Gasteiger charge is 2.23. The summed E-state index contributed by atoms with van der Waals surface area (Å²) in [5.74, 6) is 0.282. The third-order valence-corrected chi connectivity index (χ3v) is 6.01. The molecular weight excluding hydrogens is 316 g/mol. The lowest BCUT2D eigenvalue weighted by Crippen LogP contribution is -2.36. The molecule has 1 saturated carbocycles. The largest absolute Gasteiger partial charge is 0.391 e. The smallest absolute Gasteiger partial charge is 0.226 e. The van der Waals surface area contributed by atoms with Crippen molar-refractivity contribution in [1.29, 1.82) is 0 Å². The summed E-state index contributed by atoms with van der Waals surface area (Å²) in [4.78, 5) is 17.6. The molecule has 0 bridgehead atoms. The molecule has 2 aromatic rings. The van der Waals surface area contributed by atoms with E-state index >= 15 is 0 Å². The third-order valence-electron chi connectivity index (χ3n) is 4.08. The molecule has 118 valence electrons. The van der Waals surface area contributed by atoms with E-state index in [2.05, 4.69) is 10.3 Å². The Morgan fingerprint density at radius 2 is 2.23 bits per heavy atom. The van der Waals surface area contributed by atoms with Gasteiger partial charge in [-0.05, 0) is 30.2 Å². The summed E-state index contributed by atoms with van der Waals surface area (Å²) in [6.07, 6.45) is 4.41. The maximum absolute atomic E-state index is 12.0. The standard InChI is InChI=1S/C16H20N2O2S2/c19-13(11-4-1-2-5-11)9-17-15(20)8-12-10-22-16(18-12)14-6-3-7-21-14/h3,6-7,10-11,13,19H,1-2,4-5,8-9H2,(H,17,20). The normalized spacial score (nSPS) is 16.8. The molecule has 0 saturated heterocycles. The fraction of sp³-hybridized carbons (Fsp3) is 0.500. The average Bonchev–Trinajstić information content (AvgIpc) is 3.23. The molecule has 1 fully saturated rings. The first kappa shape index (κ1) is 15.6. The zero-order chi connectivity index (χ0) is 15.4. The van der Waals surface area contributed by atoms with Crippen LogP contribution in [0.25, 0.3) is 9.88 Å². The molecular formula is C16H20N2O2S2. The molecule has 1 amide bonds. The third kappa shape index (κ3) is 3.94. The lowest BCUT2D eigenvalue weighted by atomic mass is 10.0. The summed E-state index contributed by atoms with van der Waals surface area (Å²) in [5, 5.41) is 17.8. The van der Waals surface area contributed by atoms with Gasteiger partial charge in [-0.3, -0.25) is 4.79 Å². The SMILES string of the molecule is O=C(Cc1csc(-c2cccs2)n1)NCC(O)C1CCCC1. The number of thiazole rings is 1. The van der Waals surface area contributed by atoms with Gasteiger partial charge in [0.2, 0.25) is 5.91 Å². The van der Waals surface area contributed by atoms with Crippen LogP contribution in [0.1, 0.15) is 31.4 Å². The van der Waals surface area contributed by atoms with Crippen molar-refractivity contribution in [2.45, 2.75) is 38.2 Å². The number of nitrogens with zero attached hydrogens (tertiary/aromatic N) is 1. The second-order valence-corrected chi connectivity index (χ2v) is 7.52. The first-order valence-corrected chi connectivity index (χ1v) is 9.41. The molecule has 4 nitrogen and oxygen atoms in total. The van der Waals surface area contributed by atoms with Crippen LogP contribution in [0.2, 0.25) is 0 Å². The van der Waals surface area contributed by atoms with Crippen LogP contribution in [0.15, 0.2) is 22.9 Å². The fourth-order valence-corrected chi connectivity index (χ4v) is 4.49. The van der Waals surface area contributed by atoms with E-state index in [1.54, 1.807) is 22.7 Å². The first-order valence-electron chi connectivity index (χ1n) is 7.65. The van der Waals surface area contributed by atoms with Crippen molar-refractivity contribution in [3.05, 3.63) is 28.6 Å². The molecule has 1 atom stereocenters. The van der Waals surface area contributed by atoms with Gasteiger partial charge in [-0.1, -0.05) is 18.9 Å². The Bertz CT molecular complexity index is 603. The minimum absolute atomic E-state index is 0.0694. The molecule has 2 N–H and O–H groups in total. The zero-order valence-corrected chi connectivity index (χ0v) is 14.0. The maximum atomic E-state index is 12.0. The van der Waals surface area contributed by atoms with Gasteiger partial charge in [0.1, 0.15) is 5.01 Å². The molecule has 22 heavy (non-hydrogen) atoms. The van der Waals surface area contributed by atoms with Gasteiger partial charge in [-0.25, -0.2) is 4.98 Å². The van der Waals surface area contributed by atoms with Gasteiger partial charge in [-0.2, -0.15) is 0 Å². The Morgan fingerprint density at radius 1 is 1.41 bits per heavy atom. The van der Waals surface area contributed by atoms with Gasteiger partial charge in [0, 0.05) is 11.9 Å². The summed E-state index contributed by atoms with van der Waals surface area (Å²) < 4.78 is 0. The first-order chi connectivity index (χ1) is 10.7. The number of hydrogen-bond acceptors (Lipinski definition) is 5. The number of carbonyl (C=O) groups is 1. The van der Waals surface area contributed by atoms with E-state index < -0.39 is 6.10 Å². The van der Waals surface area contributed by atoms with Gasteiger partial charge < -0.3 is 10.4 Å². The molecule has 3 rings (SSSR count). The predicted molar refractivity (Wildman–Crippen MR) is 90.1 cm³/mol. The summed E-state index contributed by atoms with van der Waals surface area (Å²) in [7, 11) is 0. The number of amides is 1. The number of carbonyl (C=O) groups excluding carboxylic acids is 1. The minimum atomic E-state index is -0.413. The second-order valence-electron chi connectivity index (χ2n) is 5.71. The van der Waals surface area contributed by atoms with Crippen molar-refractivity contribution >= 4 is 28.6 Å². The van der Waals surface area contributed by atoms with Crippen LogP contribution in [0.5, 0.6) is 0 Å². The molecule has 0 radical (unpaired) electrons. The quantitative estimate of drug-likeness (QED) is 0.852. The molecule has 2 heterocycles. The summed E-state index contributed by atoms with van der Waals surface area (Å²) >= 11 is 3.21. The summed E-state index contributed by atoms with van der Waals surface area (Å²) in [6, 6.07) is 4.03. The summed E-state index contributed by atoms with van der Waals surface area (Å²) in [6.45, 7) is 0.353. The van der Waals surface area contributed by atoms with E-state index in [0.29, 0.717) is 12.5 Å². The minimum Gasteiger partial charge on any atom is -0.391 e. The van der Waals surface area contributed by atoms with Gasteiger partial charge in [0.05, 0.1) is 23.1 Å². The lowest BCUT2D eigenvalue weighted by Gasteiger charge is -2.17. The molecule has 6 heteroatoms. The maximum Gasteiger partial charge on any atom is 0.226 e. The average molecular weight is 336 g/mol. The molecule has 0 aromatic carbocycles. The van der Waals surface area contributed by atoms with Gasteiger partial charge in [0.15, 0.2) is 0 Å². The number of nitrogens with one attached hydrogen (secondary N) is 1. The van der Waals surface area contributed by atoms with E-state index in [0.717, 1.165) is 28.4 Å². The number of aromatic nitrogens is 1. The van der Waals surface area contributed by atoms with Crippen LogP contribution < -0.4 is 5.32 Å². The van der Waals surface area contributed by atoms with Crippen molar-refractivity contribution in [1.82, 2.24) is 10.3 Å². The number of hydrogen-bond donors (Lipinski definition) is 2. The van der Waals surface area contributed by atoms with Crippen LogP contribution >= 0.6 is 22.7 Å². The highest BCUT2D eigenvalue weighted by Crippen LogP contribution is 2.28. The number of rotatable bonds is 6. The van der Waals surface area contributed by atoms with Crippen molar-refractivity contribution in [2.75, 3.05) is 6.54 Å². The van der Waals surface area contributed by atoms with Crippen LogP contribution in [-0.2, 0) is 11.2 Å². The van der Waals surface area contributed by atoms with E-state index in [-0.39, 0.29) is 12.3 Å². The van der Waals surface area contributed by atoms with Gasteiger partial charge >= 0.3 is 0 Å². The van der Waals surface area contributed by atoms with E-state index in [1.807, 2.05) is 22.9 Å². The van der Waals surface area contributed by atoms with Crippen LogP contribution in [0, 0.1) is 5.92 Å². The monoisotopic (exact) mass is 336 g/mol. The van der Waals surface area contributed by atoms with Crippen molar-refractivity contribution in [2.24, 2.45) is 5.92 Å². The van der Waals surface area contributed by atoms with Crippen molar-refractivity contribution < 1.29 is 9.90 Å². The number of aliphatic hydroxyl groups excluding tert-OH is 1. The van der Waals surface area contributed by atoms with Crippen molar-refractivity contribution in [3.8, 4) is 9.88 Å². The Labute approximate surface area is 138 Å². The molecule has 0 spiro atoms. The van der Waals surface area contributed by atoms with Gasteiger partial charge in [-0.15, -0.1) is 22.7 Å². The fourth-order valence-electron chi connectivity index (χ4n) is 2.86. The zero-order valence-electron chi connectivity index (χ0n) is 12.3. The van der Waals surface area contributed by atoms with Crippen LogP contribution in [-0.4, -0.2) is 28.6 Å². The van der Waals surface area contributed by atoms with Crippen molar-refractivity contribution in [3.63, 3.8) is 0 Å². The number of aliphatic hydroxyl groups is 1. The predicted octanol–water partition coefficient (Wildman–Crippen LogP) is 3.08. The Morgan fingerprint density at radius 3 is 2.95 bits per heavy atom. The van der Waals surface area contributed by atoms with E-state index in [4.69, 9.17) is 0 Å². The molecule has 1 unspecified atom stereocenters. The van der Waals surface area contributed by atoms with Crippen LogP contribution in [0.3, 0.4) is 0 Å². The highest BCUT2D eigenvalue weighted by molar-refractivity contribution is 7.20. The molecule has 1 aliphatic carbocycles. The topological polar surface area (TPSA) is 62.2 Å². The Balaban J connectivity index is 1.47. The second kappa shape index (κ2) is 7.35. The molecule has 1 aliphatic rings. The molecule has 0 aliphatic heterocycles. The Kier molecular flexibility index (Phi) is 5.23. The van der Waals surface area contributed by atoms with Gasteiger partial charge in [0.25, 0.3) is 0 Å². The molecule has 2 aromatic heterocycles. The van der Waals surface area contributed by atoms with Crippen LogP contribution in [0.4, 0.5) is 0 Å². The number of thiophene rings is 1. The van der Waals surface area contributed by atoms with E-state index in [9.17, 15) is 9.90 Å². The lowest BCUT2D eigenvalue weighted by molar-refractivity contribution is -0.121. The Hall–Kier alpha value is -1.24. The highest BCUT2D eigenvalue weighted by atomic mass is 32.1. The van der Waals surface area contributed by atoms with E-state index in [1.165, 1.54) is 12.8 Å².